The molecule has 0 aromatic carbocycles. The number of imidazole rings is 1. The first-order valence-corrected chi connectivity index (χ1v) is 5.61. The number of hydrogen-bond acceptors (Lipinski definition) is 3. The van der Waals surface area contributed by atoms with Crippen LogP contribution in [0.3, 0.4) is 0 Å². The molecule has 0 spiro atoms. The molecule has 0 radical (unpaired) electrons. The molecule has 15 heavy (non-hydrogen) atoms. The molecule has 0 bridgehead atoms. The van der Waals surface area contributed by atoms with Crippen LogP contribution in [0, 0.1) is 0 Å². The Balaban J connectivity index is 1.81. The van der Waals surface area contributed by atoms with E-state index in [2.05, 4.69) is 4.98 Å². The Bertz CT molecular complexity index is 305. The lowest BCUT2D eigenvalue weighted by molar-refractivity contribution is 0.101. The summed E-state index contributed by atoms with van der Waals surface area (Å²) >= 11 is 0. The van der Waals surface area contributed by atoms with Crippen molar-refractivity contribution < 1.29 is 4.74 Å². The smallest absolute Gasteiger partial charge is 0.0946 e. The summed E-state index contributed by atoms with van der Waals surface area (Å²) < 4.78 is 7.56. The minimum atomic E-state index is 0.0849. The van der Waals surface area contributed by atoms with Gasteiger partial charge >= 0.3 is 0 Å². The van der Waals surface area contributed by atoms with Crippen LogP contribution in [0.1, 0.15) is 37.4 Å². The van der Waals surface area contributed by atoms with Crippen LogP contribution < -0.4 is 5.73 Å². The normalized spacial score (nSPS) is 23.2. The first kappa shape index (κ1) is 10.6. The van der Waals surface area contributed by atoms with Crippen LogP contribution in [0.15, 0.2) is 12.5 Å². The molecular formula is C11H19N3O. The van der Waals surface area contributed by atoms with Gasteiger partial charge in [-0.25, -0.2) is 4.98 Å². The van der Waals surface area contributed by atoms with Crippen molar-refractivity contribution in [3.05, 3.63) is 18.2 Å². The first-order chi connectivity index (χ1) is 7.27. The fraction of sp³-hybridized carbons (Fsp3) is 0.727. The summed E-state index contributed by atoms with van der Waals surface area (Å²) in [6, 6.07) is 0.0849. The maximum atomic E-state index is 6.10. The summed E-state index contributed by atoms with van der Waals surface area (Å²) in [4.78, 5) is 4.07. The zero-order chi connectivity index (χ0) is 10.7. The van der Waals surface area contributed by atoms with Gasteiger partial charge in [-0.3, -0.25) is 0 Å². The molecule has 0 amide bonds. The molecule has 2 unspecified atom stereocenters. The molecule has 1 saturated heterocycles. The lowest BCUT2D eigenvalue weighted by Crippen LogP contribution is -2.16. The van der Waals surface area contributed by atoms with E-state index in [4.69, 9.17) is 10.5 Å². The van der Waals surface area contributed by atoms with Crippen LogP contribution in [-0.4, -0.2) is 22.3 Å². The number of hydrogen-bond donors (Lipinski definition) is 1. The summed E-state index contributed by atoms with van der Waals surface area (Å²) in [6.07, 6.45) is 8.51. The molecule has 2 rings (SSSR count). The Hall–Kier alpha value is -0.870. The molecule has 1 fully saturated rings. The van der Waals surface area contributed by atoms with Crippen LogP contribution in [0.2, 0.25) is 0 Å². The Morgan fingerprint density at radius 1 is 1.73 bits per heavy atom. The maximum Gasteiger partial charge on any atom is 0.0946 e. The summed E-state index contributed by atoms with van der Waals surface area (Å²) in [7, 11) is 1.98. The predicted octanol–water partition coefficient (Wildman–Crippen LogP) is 1.38. The molecular weight excluding hydrogens is 190 g/mol. The van der Waals surface area contributed by atoms with E-state index in [0.29, 0.717) is 6.10 Å². The van der Waals surface area contributed by atoms with Gasteiger partial charge in [0.25, 0.3) is 0 Å². The average Bonchev–Trinajstić information content (AvgIpc) is 2.84. The molecule has 0 saturated carbocycles. The standard InChI is InChI=1S/C11H19N3O/c1-14-8-13-7-11(14)10(12)5-4-9-3-2-6-15-9/h7-10H,2-6,12H2,1H3. The van der Waals surface area contributed by atoms with Gasteiger partial charge in [0.1, 0.15) is 0 Å². The molecule has 4 heteroatoms. The van der Waals surface area contributed by atoms with E-state index in [1.807, 2.05) is 17.8 Å². The van der Waals surface area contributed by atoms with Gasteiger partial charge in [-0.05, 0) is 25.7 Å². The Labute approximate surface area is 90.4 Å². The highest BCUT2D eigenvalue weighted by atomic mass is 16.5. The van der Waals surface area contributed by atoms with Gasteiger partial charge in [0.05, 0.1) is 18.1 Å². The number of aromatic nitrogens is 2. The van der Waals surface area contributed by atoms with E-state index in [1.54, 1.807) is 6.33 Å². The molecule has 1 aliphatic rings. The van der Waals surface area contributed by atoms with Crippen LogP contribution in [0.25, 0.3) is 0 Å². The SMILES string of the molecule is Cn1cncc1C(N)CCC1CCCO1. The minimum Gasteiger partial charge on any atom is -0.378 e. The van der Waals surface area contributed by atoms with E-state index in [-0.39, 0.29) is 6.04 Å². The van der Waals surface area contributed by atoms with Gasteiger partial charge in [-0.15, -0.1) is 0 Å². The van der Waals surface area contributed by atoms with E-state index in [0.717, 1.165) is 25.1 Å². The van der Waals surface area contributed by atoms with E-state index in [9.17, 15) is 0 Å². The van der Waals surface area contributed by atoms with Crippen molar-refractivity contribution in [2.24, 2.45) is 12.8 Å². The van der Waals surface area contributed by atoms with Gasteiger partial charge in [-0.2, -0.15) is 0 Å². The fourth-order valence-electron chi connectivity index (χ4n) is 2.11. The number of aryl methyl sites for hydroxylation is 1. The lowest BCUT2D eigenvalue weighted by atomic mass is 10.0. The molecule has 1 aromatic heterocycles. The second kappa shape index (κ2) is 4.77. The number of rotatable bonds is 4. The monoisotopic (exact) mass is 209 g/mol. The van der Waals surface area contributed by atoms with E-state index >= 15 is 0 Å². The van der Waals surface area contributed by atoms with Crippen LogP contribution in [0.4, 0.5) is 0 Å². The Morgan fingerprint density at radius 3 is 3.20 bits per heavy atom. The van der Waals surface area contributed by atoms with Crippen LogP contribution in [-0.2, 0) is 11.8 Å². The third kappa shape index (κ3) is 2.58. The van der Waals surface area contributed by atoms with Gasteiger partial charge < -0.3 is 15.0 Å². The van der Waals surface area contributed by atoms with Crippen molar-refractivity contribution in [3.63, 3.8) is 0 Å². The second-order valence-corrected chi connectivity index (χ2v) is 4.25. The largest absolute Gasteiger partial charge is 0.378 e. The lowest BCUT2D eigenvalue weighted by Gasteiger charge is -2.14. The highest BCUT2D eigenvalue weighted by molar-refractivity contribution is 5.03. The number of ether oxygens (including phenoxy) is 1. The molecule has 4 nitrogen and oxygen atoms in total. The Morgan fingerprint density at radius 2 is 2.60 bits per heavy atom. The molecule has 1 aliphatic heterocycles. The van der Waals surface area contributed by atoms with E-state index in [1.165, 1.54) is 12.8 Å². The summed E-state index contributed by atoms with van der Waals surface area (Å²) in [6.45, 7) is 0.922. The van der Waals surface area contributed by atoms with Gasteiger partial charge in [0.2, 0.25) is 0 Å². The Kier molecular flexibility index (Phi) is 3.38. The van der Waals surface area contributed by atoms with E-state index < -0.39 is 0 Å². The van der Waals surface area contributed by atoms with Crippen molar-refractivity contribution in [2.45, 2.75) is 37.8 Å². The van der Waals surface area contributed by atoms with Crippen molar-refractivity contribution in [1.82, 2.24) is 9.55 Å². The van der Waals surface area contributed by atoms with Crippen molar-refractivity contribution in [1.29, 1.82) is 0 Å². The molecule has 84 valence electrons. The first-order valence-electron chi connectivity index (χ1n) is 5.61. The summed E-state index contributed by atoms with van der Waals surface area (Å²) in [5.74, 6) is 0. The average molecular weight is 209 g/mol. The van der Waals surface area contributed by atoms with Gasteiger partial charge in [0, 0.05) is 25.9 Å². The zero-order valence-corrected chi connectivity index (χ0v) is 9.22. The predicted molar refractivity (Wildman–Crippen MR) is 58.3 cm³/mol. The number of nitrogens with two attached hydrogens (primary N) is 1. The third-order valence-corrected chi connectivity index (χ3v) is 3.06. The van der Waals surface area contributed by atoms with Gasteiger partial charge in [0.15, 0.2) is 0 Å². The fourth-order valence-corrected chi connectivity index (χ4v) is 2.11. The van der Waals surface area contributed by atoms with Crippen molar-refractivity contribution in [2.75, 3.05) is 6.61 Å². The third-order valence-electron chi connectivity index (χ3n) is 3.06. The quantitative estimate of drug-likeness (QED) is 0.815. The minimum absolute atomic E-state index is 0.0849. The summed E-state index contributed by atoms with van der Waals surface area (Å²) in [5, 5.41) is 0. The molecule has 2 heterocycles. The molecule has 1 aromatic rings. The highest BCUT2D eigenvalue weighted by Crippen LogP contribution is 2.21. The van der Waals surface area contributed by atoms with Crippen molar-refractivity contribution in [3.8, 4) is 0 Å². The topological polar surface area (TPSA) is 53.1 Å². The molecule has 2 atom stereocenters. The van der Waals surface area contributed by atoms with Gasteiger partial charge in [-0.1, -0.05) is 0 Å². The highest BCUT2D eigenvalue weighted by Gasteiger charge is 2.18. The second-order valence-electron chi connectivity index (χ2n) is 4.25. The summed E-state index contributed by atoms with van der Waals surface area (Å²) in [5.41, 5.74) is 7.21. The van der Waals surface area contributed by atoms with Crippen molar-refractivity contribution >= 4 is 0 Å². The number of nitrogens with zero attached hydrogens (tertiary/aromatic N) is 2. The van der Waals surface area contributed by atoms with Crippen LogP contribution >= 0.6 is 0 Å². The zero-order valence-electron chi connectivity index (χ0n) is 9.22. The molecule has 2 N–H and O–H groups in total. The molecule has 0 aliphatic carbocycles. The maximum absolute atomic E-state index is 6.10. The van der Waals surface area contributed by atoms with Crippen LogP contribution in [0.5, 0.6) is 0 Å².